The predicted octanol–water partition coefficient (Wildman–Crippen LogP) is -2.05. The molecular weight excluding hydrogens is 420 g/mol. The van der Waals surface area contributed by atoms with Crippen LogP contribution in [0, 0.1) is 0 Å². The van der Waals surface area contributed by atoms with Crippen molar-refractivity contribution in [2.75, 3.05) is 86.0 Å². The lowest BCUT2D eigenvalue weighted by molar-refractivity contribution is -0.142. The monoisotopic (exact) mass is 452 g/mol. The Labute approximate surface area is 180 Å². The summed E-state index contributed by atoms with van der Waals surface area (Å²) < 4.78 is 30.3. The van der Waals surface area contributed by atoms with Crippen LogP contribution in [0.2, 0.25) is 0 Å². The molecule has 0 atom stereocenters. The summed E-state index contributed by atoms with van der Waals surface area (Å²) in [5, 5.41) is 13.3. The van der Waals surface area contributed by atoms with Crippen LogP contribution in [0.15, 0.2) is 0 Å². The van der Waals surface area contributed by atoms with Gasteiger partial charge >= 0.3 is 5.97 Å². The number of carboxylic acid groups (broad SMARTS) is 1. The van der Waals surface area contributed by atoms with E-state index in [1.807, 2.05) is 0 Å². The van der Waals surface area contributed by atoms with Crippen molar-refractivity contribution in [3.8, 4) is 0 Å². The second-order valence-electron chi connectivity index (χ2n) is 5.91. The zero-order chi connectivity index (χ0) is 23.2. The molecule has 13 heteroatoms. The van der Waals surface area contributed by atoms with Crippen molar-refractivity contribution in [1.29, 1.82) is 0 Å². The van der Waals surface area contributed by atoms with Crippen LogP contribution >= 0.6 is 0 Å². The molecule has 0 spiro atoms. The SMILES string of the molecule is CC(=O)COCCOCCOCC(=O)NCNC(=O)COCCOCCOCC(=O)O. The molecule has 0 aromatic rings. The average Bonchev–Trinajstić information content (AvgIpc) is 2.70. The summed E-state index contributed by atoms with van der Waals surface area (Å²) in [6.07, 6.45) is 0. The first-order valence-corrected chi connectivity index (χ1v) is 9.63. The smallest absolute Gasteiger partial charge is 0.329 e. The number of rotatable bonds is 22. The van der Waals surface area contributed by atoms with E-state index in [2.05, 4.69) is 10.6 Å². The van der Waals surface area contributed by atoms with Gasteiger partial charge in [0.25, 0.3) is 0 Å². The molecule has 0 aliphatic carbocycles. The van der Waals surface area contributed by atoms with E-state index >= 15 is 0 Å². The Morgan fingerprint density at radius 3 is 1.32 bits per heavy atom. The summed E-state index contributed by atoms with van der Waals surface area (Å²) >= 11 is 0. The molecule has 0 saturated carbocycles. The molecule has 0 aromatic heterocycles. The van der Waals surface area contributed by atoms with Gasteiger partial charge in [0.05, 0.1) is 59.5 Å². The number of nitrogens with one attached hydrogen (secondary N) is 2. The predicted molar refractivity (Wildman–Crippen MR) is 104 cm³/mol. The van der Waals surface area contributed by atoms with Crippen LogP contribution in [0.25, 0.3) is 0 Å². The Morgan fingerprint density at radius 2 is 0.935 bits per heavy atom. The number of hydrogen-bond donors (Lipinski definition) is 3. The van der Waals surface area contributed by atoms with Crippen LogP contribution in [-0.4, -0.2) is 115 Å². The van der Waals surface area contributed by atoms with Gasteiger partial charge in [-0.15, -0.1) is 0 Å². The molecule has 0 fully saturated rings. The fraction of sp³-hybridized carbons (Fsp3) is 0.778. The standard InChI is InChI=1S/C18H32N2O11/c1-15(21)10-28-6-2-26-3-7-29-11-16(22)19-14-20-17(23)12-30-8-4-27-5-9-31-13-18(24)25/h2-14H2,1H3,(H,19,22)(H,20,23)(H,24,25). The molecule has 2 amide bonds. The van der Waals surface area contributed by atoms with Crippen LogP contribution in [0.3, 0.4) is 0 Å². The van der Waals surface area contributed by atoms with Gasteiger partial charge < -0.3 is 44.2 Å². The molecule has 3 N–H and O–H groups in total. The van der Waals surface area contributed by atoms with Crippen molar-refractivity contribution >= 4 is 23.6 Å². The van der Waals surface area contributed by atoms with Crippen LogP contribution in [0.5, 0.6) is 0 Å². The first-order valence-electron chi connectivity index (χ1n) is 9.63. The van der Waals surface area contributed by atoms with E-state index in [4.69, 9.17) is 33.5 Å². The molecule has 0 saturated heterocycles. The Balaban J connectivity index is 3.35. The molecule has 0 unspecified atom stereocenters. The summed E-state index contributed by atoms with van der Waals surface area (Å²) in [5.41, 5.74) is 0. The van der Waals surface area contributed by atoms with E-state index in [0.29, 0.717) is 13.2 Å². The Bertz CT molecular complexity index is 473. The molecule has 0 aromatic carbocycles. The third kappa shape index (κ3) is 24.0. The summed E-state index contributed by atoms with van der Waals surface area (Å²) in [7, 11) is 0. The number of Topliss-reactive ketones (excluding diaryl/α,β-unsaturated/α-hetero) is 1. The summed E-state index contributed by atoms with van der Waals surface area (Å²) in [6, 6.07) is 0. The van der Waals surface area contributed by atoms with E-state index in [9.17, 15) is 19.2 Å². The minimum atomic E-state index is -1.05. The molecule has 0 bridgehead atoms. The molecule has 0 heterocycles. The van der Waals surface area contributed by atoms with Crippen LogP contribution in [-0.2, 0) is 47.6 Å². The molecule has 31 heavy (non-hydrogen) atoms. The van der Waals surface area contributed by atoms with Crippen molar-refractivity contribution in [2.24, 2.45) is 0 Å². The van der Waals surface area contributed by atoms with E-state index < -0.39 is 17.8 Å². The number of carbonyl (C=O) groups excluding carboxylic acids is 3. The van der Waals surface area contributed by atoms with Crippen molar-refractivity contribution in [3.63, 3.8) is 0 Å². The zero-order valence-electron chi connectivity index (χ0n) is 17.7. The number of carbonyl (C=O) groups is 4. The summed E-state index contributed by atoms with van der Waals surface area (Å²) in [5.74, 6) is -1.91. The Morgan fingerprint density at radius 1 is 0.581 bits per heavy atom. The van der Waals surface area contributed by atoms with Gasteiger partial charge in [-0.3, -0.25) is 14.4 Å². The minimum absolute atomic E-state index is 0.0538. The van der Waals surface area contributed by atoms with E-state index in [-0.39, 0.29) is 78.5 Å². The normalized spacial score (nSPS) is 10.6. The number of carboxylic acids is 1. The highest BCUT2D eigenvalue weighted by molar-refractivity contribution is 5.79. The van der Waals surface area contributed by atoms with Gasteiger partial charge in [0.1, 0.15) is 26.4 Å². The highest BCUT2D eigenvalue weighted by Gasteiger charge is 2.04. The first-order chi connectivity index (χ1) is 14.9. The molecule has 0 aliphatic heterocycles. The number of amides is 2. The highest BCUT2D eigenvalue weighted by atomic mass is 16.6. The number of ether oxygens (including phenoxy) is 6. The maximum absolute atomic E-state index is 11.5. The third-order valence-corrected chi connectivity index (χ3v) is 3.06. The maximum atomic E-state index is 11.5. The fourth-order valence-corrected chi connectivity index (χ4v) is 1.72. The lowest BCUT2D eigenvalue weighted by atomic mass is 10.5. The second kappa shape index (κ2) is 21.1. The van der Waals surface area contributed by atoms with E-state index in [0.717, 1.165) is 0 Å². The van der Waals surface area contributed by atoms with Gasteiger partial charge in [-0.2, -0.15) is 0 Å². The lowest BCUT2D eigenvalue weighted by Crippen LogP contribution is -2.40. The van der Waals surface area contributed by atoms with Crippen molar-refractivity contribution in [3.05, 3.63) is 0 Å². The van der Waals surface area contributed by atoms with Gasteiger partial charge in [0, 0.05) is 0 Å². The Kier molecular flexibility index (Phi) is 19.6. The van der Waals surface area contributed by atoms with Crippen molar-refractivity contribution in [2.45, 2.75) is 6.92 Å². The molecule has 0 rings (SSSR count). The zero-order valence-corrected chi connectivity index (χ0v) is 17.7. The number of hydrogen-bond acceptors (Lipinski definition) is 10. The van der Waals surface area contributed by atoms with Gasteiger partial charge in [-0.25, -0.2) is 4.79 Å². The number of aliphatic carboxylic acids is 1. The van der Waals surface area contributed by atoms with Gasteiger partial charge in [-0.05, 0) is 6.92 Å². The van der Waals surface area contributed by atoms with Gasteiger partial charge in [0.2, 0.25) is 11.8 Å². The fourth-order valence-electron chi connectivity index (χ4n) is 1.72. The molecule has 13 nitrogen and oxygen atoms in total. The Hall–Kier alpha value is -2.16. The average molecular weight is 452 g/mol. The lowest BCUT2D eigenvalue weighted by Gasteiger charge is -2.09. The largest absolute Gasteiger partial charge is 0.480 e. The summed E-state index contributed by atoms with van der Waals surface area (Å²) in [6.45, 7) is 2.59. The van der Waals surface area contributed by atoms with Crippen molar-refractivity contribution < 1.29 is 52.7 Å². The molecule has 0 aliphatic rings. The first kappa shape index (κ1) is 28.8. The molecular formula is C18H32N2O11. The number of ketones is 1. The van der Waals surface area contributed by atoms with Crippen LogP contribution < -0.4 is 10.6 Å². The van der Waals surface area contributed by atoms with Gasteiger partial charge in [-0.1, -0.05) is 0 Å². The third-order valence-electron chi connectivity index (χ3n) is 3.06. The van der Waals surface area contributed by atoms with E-state index in [1.54, 1.807) is 0 Å². The van der Waals surface area contributed by atoms with Crippen LogP contribution in [0.1, 0.15) is 6.92 Å². The van der Waals surface area contributed by atoms with E-state index in [1.165, 1.54) is 6.92 Å². The topological polar surface area (TPSA) is 168 Å². The minimum Gasteiger partial charge on any atom is -0.480 e. The van der Waals surface area contributed by atoms with Crippen molar-refractivity contribution in [1.82, 2.24) is 10.6 Å². The highest BCUT2D eigenvalue weighted by Crippen LogP contribution is 1.83. The van der Waals surface area contributed by atoms with Gasteiger partial charge in [0.15, 0.2) is 5.78 Å². The summed E-state index contributed by atoms with van der Waals surface area (Å²) in [4.78, 5) is 43.9. The molecule has 180 valence electrons. The quantitative estimate of drug-likeness (QED) is 0.122. The molecule has 0 radical (unpaired) electrons. The maximum Gasteiger partial charge on any atom is 0.329 e. The van der Waals surface area contributed by atoms with Crippen LogP contribution in [0.4, 0.5) is 0 Å². The second-order valence-corrected chi connectivity index (χ2v) is 5.91.